The van der Waals surface area contributed by atoms with Gasteiger partial charge in [0.15, 0.2) is 5.69 Å². The summed E-state index contributed by atoms with van der Waals surface area (Å²) in [7, 11) is 0. The SMILES string of the molecule is CCCNC(=O)Nc1c(NCC)c2ccccc2oc1=O. The van der Waals surface area contributed by atoms with Crippen molar-refractivity contribution in [2.75, 3.05) is 23.7 Å². The lowest BCUT2D eigenvalue weighted by Crippen LogP contribution is -2.31. The van der Waals surface area contributed by atoms with Gasteiger partial charge >= 0.3 is 11.7 Å². The summed E-state index contributed by atoms with van der Waals surface area (Å²) in [5, 5.41) is 9.11. The summed E-state index contributed by atoms with van der Waals surface area (Å²) in [6, 6.07) is 6.79. The highest BCUT2D eigenvalue weighted by Gasteiger charge is 2.16. The zero-order chi connectivity index (χ0) is 15.2. The molecule has 0 saturated carbocycles. The molecular formula is C15H19N3O3. The van der Waals surface area contributed by atoms with Crippen LogP contribution in [0.3, 0.4) is 0 Å². The Balaban J connectivity index is 2.46. The van der Waals surface area contributed by atoms with Gasteiger partial charge in [-0.1, -0.05) is 19.1 Å². The molecular weight excluding hydrogens is 270 g/mol. The summed E-state index contributed by atoms with van der Waals surface area (Å²) in [5.41, 5.74) is 0.620. The Morgan fingerprint density at radius 3 is 2.67 bits per heavy atom. The Labute approximate surface area is 122 Å². The number of carbonyl (C=O) groups is 1. The number of carbonyl (C=O) groups excluding carboxylic acids is 1. The van der Waals surface area contributed by atoms with Crippen LogP contribution in [0, 0.1) is 0 Å². The predicted molar refractivity (Wildman–Crippen MR) is 84.0 cm³/mol. The molecule has 6 nitrogen and oxygen atoms in total. The number of anilines is 2. The van der Waals surface area contributed by atoms with Crippen LogP contribution in [0.2, 0.25) is 0 Å². The summed E-state index contributed by atoms with van der Waals surface area (Å²) in [4.78, 5) is 23.9. The van der Waals surface area contributed by atoms with Crippen LogP contribution in [0.1, 0.15) is 20.3 Å². The first-order valence-corrected chi connectivity index (χ1v) is 7.02. The van der Waals surface area contributed by atoms with Crippen molar-refractivity contribution in [2.45, 2.75) is 20.3 Å². The van der Waals surface area contributed by atoms with Gasteiger partial charge < -0.3 is 15.1 Å². The molecule has 2 aromatic rings. The number of nitrogens with one attached hydrogen (secondary N) is 3. The van der Waals surface area contributed by atoms with Crippen molar-refractivity contribution in [2.24, 2.45) is 0 Å². The second-order valence-electron chi connectivity index (χ2n) is 4.55. The lowest BCUT2D eigenvalue weighted by atomic mass is 10.2. The maximum atomic E-state index is 12.1. The smallest absolute Gasteiger partial charge is 0.362 e. The third-order valence-corrected chi connectivity index (χ3v) is 2.94. The third-order valence-electron chi connectivity index (χ3n) is 2.94. The van der Waals surface area contributed by atoms with Crippen molar-refractivity contribution >= 4 is 28.4 Å². The molecule has 21 heavy (non-hydrogen) atoms. The lowest BCUT2D eigenvalue weighted by molar-refractivity contribution is 0.252. The van der Waals surface area contributed by atoms with Gasteiger partial charge in [0.25, 0.3) is 0 Å². The maximum absolute atomic E-state index is 12.1. The normalized spacial score (nSPS) is 10.4. The molecule has 0 bridgehead atoms. The molecule has 0 atom stereocenters. The first-order valence-electron chi connectivity index (χ1n) is 7.02. The fourth-order valence-corrected chi connectivity index (χ4v) is 2.02. The number of para-hydroxylation sites is 1. The van der Waals surface area contributed by atoms with E-state index in [4.69, 9.17) is 4.42 Å². The predicted octanol–water partition coefficient (Wildman–Crippen LogP) is 2.76. The highest BCUT2D eigenvalue weighted by Crippen LogP contribution is 2.28. The van der Waals surface area contributed by atoms with Crippen molar-refractivity contribution in [1.82, 2.24) is 5.32 Å². The largest absolute Gasteiger partial charge is 0.421 e. The minimum atomic E-state index is -0.573. The first-order chi connectivity index (χ1) is 10.2. The van der Waals surface area contributed by atoms with E-state index in [-0.39, 0.29) is 5.69 Å². The van der Waals surface area contributed by atoms with Crippen LogP contribution >= 0.6 is 0 Å². The minimum absolute atomic E-state index is 0.129. The highest BCUT2D eigenvalue weighted by molar-refractivity contribution is 6.01. The monoisotopic (exact) mass is 289 g/mol. The number of hydrogen-bond donors (Lipinski definition) is 3. The Morgan fingerprint density at radius 1 is 1.19 bits per heavy atom. The third kappa shape index (κ3) is 3.34. The van der Waals surface area contributed by atoms with Gasteiger partial charge in [-0.15, -0.1) is 0 Å². The molecule has 0 aliphatic rings. The number of benzene rings is 1. The fourth-order valence-electron chi connectivity index (χ4n) is 2.02. The van der Waals surface area contributed by atoms with Crippen LogP contribution in [-0.2, 0) is 0 Å². The van der Waals surface area contributed by atoms with Crippen LogP contribution in [0.15, 0.2) is 33.5 Å². The van der Waals surface area contributed by atoms with Gasteiger partial charge in [0.2, 0.25) is 0 Å². The van der Waals surface area contributed by atoms with Crippen LogP contribution in [0.25, 0.3) is 11.0 Å². The Morgan fingerprint density at radius 2 is 1.95 bits per heavy atom. The van der Waals surface area contributed by atoms with Crippen LogP contribution in [-0.4, -0.2) is 19.1 Å². The van der Waals surface area contributed by atoms with Crippen molar-refractivity contribution < 1.29 is 9.21 Å². The van der Waals surface area contributed by atoms with Crippen molar-refractivity contribution in [3.63, 3.8) is 0 Å². The van der Waals surface area contributed by atoms with Gasteiger partial charge in [0.1, 0.15) is 5.58 Å². The molecule has 6 heteroatoms. The van der Waals surface area contributed by atoms with Gasteiger partial charge in [-0.2, -0.15) is 0 Å². The molecule has 0 saturated heterocycles. The van der Waals surface area contributed by atoms with E-state index in [1.54, 1.807) is 12.1 Å². The molecule has 1 aromatic carbocycles. The second-order valence-corrected chi connectivity index (χ2v) is 4.55. The van der Waals surface area contributed by atoms with E-state index in [0.29, 0.717) is 24.4 Å². The molecule has 2 rings (SSSR count). The number of hydrogen-bond acceptors (Lipinski definition) is 4. The van der Waals surface area contributed by atoms with Gasteiger partial charge in [0, 0.05) is 18.5 Å². The van der Waals surface area contributed by atoms with Crippen LogP contribution in [0.5, 0.6) is 0 Å². The Kier molecular flexibility index (Phi) is 4.81. The standard InChI is InChI=1S/C15H19N3O3/c1-3-9-17-15(20)18-13-12(16-4-2)10-7-5-6-8-11(10)21-14(13)19/h5-8,16H,3-4,9H2,1-2H3,(H2,17,18,20). The van der Waals surface area contributed by atoms with Gasteiger partial charge in [0.05, 0.1) is 5.69 Å². The molecule has 0 radical (unpaired) electrons. The number of urea groups is 1. The fraction of sp³-hybridized carbons (Fsp3) is 0.333. The summed E-state index contributed by atoms with van der Waals surface area (Å²) in [6.45, 7) is 5.04. The number of rotatable bonds is 5. The molecule has 1 aromatic heterocycles. The van der Waals surface area contributed by atoms with E-state index in [1.807, 2.05) is 26.0 Å². The highest BCUT2D eigenvalue weighted by atomic mass is 16.4. The molecule has 0 aliphatic carbocycles. The maximum Gasteiger partial charge on any atom is 0.362 e. The zero-order valence-electron chi connectivity index (χ0n) is 12.2. The zero-order valence-corrected chi connectivity index (χ0v) is 12.2. The number of amides is 2. The van der Waals surface area contributed by atoms with Gasteiger partial charge in [-0.25, -0.2) is 9.59 Å². The minimum Gasteiger partial charge on any atom is -0.421 e. The summed E-state index contributed by atoms with van der Waals surface area (Å²) in [5.74, 6) is 0. The van der Waals surface area contributed by atoms with Crippen LogP contribution < -0.4 is 21.6 Å². The van der Waals surface area contributed by atoms with E-state index in [2.05, 4.69) is 16.0 Å². The molecule has 0 fully saturated rings. The van der Waals surface area contributed by atoms with Gasteiger partial charge in [-0.3, -0.25) is 5.32 Å². The molecule has 0 aliphatic heterocycles. The van der Waals surface area contributed by atoms with E-state index in [1.165, 1.54) is 0 Å². The van der Waals surface area contributed by atoms with E-state index < -0.39 is 11.7 Å². The lowest BCUT2D eigenvalue weighted by Gasteiger charge is -2.13. The molecule has 0 unspecified atom stereocenters. The molecule has 2 amide bonds. The van der Waals surface area contributed by atoms with Crippen LogP contribution in [0.4, 0.5) is 16.2 Å². The Bertz CT molecular complexity index is 694. The average molecular weight is 289 g/mol. The van der Waals surface area contributed by atoms with Crippen molar-refractivity contribution in [3.05, 3.63) is 34.7 Å². The molecule has 3 N–H and O–H groups in total. The quantitative estimate of drug-likeness (QED) is 0.739. The van der Waals surface area contributed by atoms with Gasteiger partial charge in [-0.05, 0) is 25.5 Å². The number of fused-ring (bicyclic) bond motifs is 1. The topological polar surface area (TPSA) is 83.4 Å². The molecule has 112 valence electrons. The second kappa shape index (κ2) is 6.78. The molecule has 0 spiro atoms. The Hall–Kier alpha value is -2.50. The first kappa shape index (κ1) is 14.9. The summed E-state index contributed by atoms with van der Waals surface area (Å²) >= 11 is 0. The van der Waals surface area contributed by atoms with Crippen molar-refractivity contribution in [3.8, 4) is 0 Å². The average Bonchev–Trinajstić information content (AvgIpc) is 2.48. The summed E-state index contributed by atoms with van der Waals surface area (Å²) < 4.78 is 5.25. The summed E-state index contributed by atoms with van der Waals surface area (Å²) in [6.07, 6.45) is 0.819. The van der Waals surface area contributed by atoms with E-state index >= 15 is 0 Å². The van der Waals surface area contributed by atoms with E-state index in [9.17, 15) is 9.59 Å². The van der Waals surface area contributed by atoms with Crippen molar-refractivity contribution in [1.29, 1.82) is 0 Å². The molecule has 1 heterocycles. The van der Waals surface area contributed by atoms with E-state index in [0.717, 1.165) is 11.8 Å².